The molecule has 0 bridgehead atoms. The molecule has 9 nitrogen and oxygen atoms in total. The summed E-state index contributed by atoms with van der Waals surface area (Å²) in [5.74, 6) is 0.675. The van der Waals surface area contributed by atoms with Gasteiger partial charge >= 0.3 is 6.09 Å². The molecule has 2 N–H and O–H groups in total. The first-order valence-electron chi connectivity index (χ1n) is 14.6. The lowest BCUT2D eigenvalue weighted by atomic mass is 10.1. The van der Waals surface area contributed by atoms with Crippen molar-refractivity contribution in [2.24, 2.45) is 0 Å². The molecule has 1 saturated heterocycles. The van der Waals surface area contributed by atoms with Crippen LogP contribution in [0.1, 0.15) is 25.3 Å². The van der Waals surface area contributed by atoms with Gasteiger partial charge in [0.05, 0.1) is 17.9 Å². The summed E-state index contributed by atoms with van der Waals surface area (Å²) in [4.78, 5) is 30.5. The van der Waals surface area contributed by atoms with Crippen LogP contribution in [0.15, 0.2) is 79.0 Å². The Kier molecular flexibility index (Phi) is 8.28. The van der Waals surface area contributed by atoms with Crippen LogP contribution < -0.4 is 5.73 Å². The predicted molar refractivity (Wildman–Crippen MR) is 165 cm³/mol. The van der Waals surface area contributed by atoms with E-state index >= 15 is 0 Å². The van der Waals surface area contributed by atoms with Gasteiger partial charge in [0.25, 0.3) is 0 Å². The summed E-state index contributed by atoms with van der Waals surface area (Å²) in [6, 6.07) is 22.1. The van der Waals surface area contributed by atoms with Crippen LogP contribution in [-0.2, 0) is 11.3 Å². The van der Waals surface area contributed by atoms with E-state index in [-0.39, 0.29) is 11.9 Å². The maximum atomic E-state index is 14.0. The number of ether oxygens (including phenoxy) is 1. The van der Waals surface area contributed by atoms with Crippen LogP contribution in [0.4, 0.5) is 15.0 Å². The molecule has 6 rings (SSSR count). The third-order valence-electron chi connectivity index (χ3n) is 7.66. The normalized spacial score (nSPS) is 13.9. The minimum atomic E-state index is -0.319. The second-order valence-corrected chi connectivity index (χ2v) is 10.7. The monoisotopic (exact) mass is 579 g/mol. The van der Waals surface area contributed by atoms with Crippen molar-refractivity contribution >= 4 is 23.1 Å². The lowest BCUT2D eigenvalue weighted by Gasteiger charge is -2.34. The number of halogens is 1. The Morgan fingerprint density at radius 1 is 0.977 bits per heavy atom. The van der Waals surface area contributed by atoms with Crippen LogP contribution in [-0.4, -0.2) is 68.2 Å². The number of benzene rings is 2. The Morgan fingerprint density at radius 3 is 2.53 bits per heavy atom. The number of aromatic nitrogens is 4. The molecule has 43 heavy (non-hydrogen) atoms. The molecular formula is C33H34FN7O2. The number of fused-ring (bicyclic) bond motifs is 1. The molecule has 10 heteroatoms. The topological polar surface area (TPSA) is 102 Å². The van der Waals surface area contributed by atoms with Gasteiger partial charge < -0.3 is 15.4 Å². The largest absolute Gasteiger partial charge is 0.449 e. The summed E-state index contributed by atoms with van der Waals surface area (Å²) >= 11 is 0. The maximum Gasteiger partial charge on any atom is 0.409 e. The first-order chi connectivity index (χ1) is 21.0. The van der Waals surface area contributed by atoms with E-state index < -0.39 is 0 Å². The quantitative estimate of drug-likeness (QED) is 0.228. The van der Waals surface area contributed by atoms with E-state index in [2.05, 4.69) is 28.9 Å². The average Bonchev–Trinajstić information content (AvgIpc) is 3.40. The molecule has 0 radical (unpaired) electrons. The highest BCUT2D eigenvalue weighted by molar-refractivity contribution is 5.84. The number of amides is 1. The van der Waals surface area contributed by atoms with Crippen molar-refractivity contribution in [3.05, 3.63) is 90.4 Å². The first kappa shape index (κ1) is 28.3. The predicted octanol–water partition coefficient (Wildman–Crippen LogP) is 5.93. The van der Waals surface area contributed by atoms with Crippen LogP contribution in [0, 0.1) is 5.82 Å². The fraction of sp³-hybridized carbons (Fsp3) is 0.273. The summed E-state index contributed by atoms with van der Waals surface area (Å²) in [6.45, 7) is 6.20. The minimum absolute atomic E-state index is 0.218. The van der Waals surface area contributed by atoms with Gasteiger partial charge in [-0.15, -0.1) is 0 Å². The summed E-state index contributed by atoms with van der Waals surface area (Å²) in [5.41, 5.74) is 11.6. The van der Waals surface area contributed by atoms with Gasteiger partial charge in [-0.05, 0) is 60.5 Å². The molecule has 0 atom stereocenters. The third-order valence-corrected chi connectivity index (χ3v) is 7.66. The number of nitrogens with two attached hydrogens (primary N) is 1. The Morgan fingerprint density at radius 2 is 1.79 bits per heavy atom. The molecule has 0 aliphatic carbocycles. The van der Waals surface area contributed by atoms with Crippen molar-refractivity contribution in [1.82, 2.24) is 29.3 Å². The van der Waals surface area contributed by atoms with Gasteiger partial charge in [-0.3, -0.25) is 9.47 Å². The zero-order chi connectivity index (χ0) is 29.8. The van der Waals surface area contributed by atoms with Gasteiger partial charge in [-0.2, -0.15) is 0 Å². The van der Waals surface area contributed by atoms with E-state index in [1.165, 1.54) is 12.1 Å². The third kappa shape index (κ3) is 6.19. The summed E-state index contributed by atoms with van der Waals surface area (Å²) in [6.07, 6.45) is 3.32. The van der Waals surface area contributed by atoms with E-state index in [1.54, 1.807) is 17.2 Å². The number of hydrogen-bond donors (Lipinski definition) is 1. The number of piperazine rings is 1. The van der Waals surface area contributed by atoms with Gasteiger partial charge in [0.2, 0.25) is 0 Å². The van der Waals surface area contributed by atoms with Crippen molar-refractivity contribution in [2.75, 3.05) is 38.5 Å². The summed E-state index contributed by atoms with van der Waals surface area (Å²) in [7, 11) is 0. The number of unbranched alkanes of at least 4 members (excludes halogenated alkanes) is 1. The highest BCUT2D eigenvalue weighted by atomic mass is 19.1. The van der Waals surface area contributed by atoms with E-state index in [0.29, 0.717) is 59.3 Å². The number of rotatable bonds is 8. The molecular weight excluding hydrogens is 545 g/mol. The molecule has 1 aliphatic rings. The molecule has 1 fully saturated rings. The van der Waals surface area contributed by atoms with Crippen molar-refractivity contribution in [3.8, 4) is 28.3 Å². The van der Waals surface area contributed by atoms with Crippen LogP contribution >= 0.6 is 0 Å². The molecule has 5 aromatic rings. The number of imidazole rings is 1. The number of hydrogen-bond acceptors (Lipinski definition) is 7. The van der Waals surface area contributed by atoms with Crippen LogP contribution in [0.3, 0.4) is 0 Å². The highest BCUT2D eigenvalue weighted by Gasteiger charge is 2.23. The molecule has 0 saturated carbocycles. The molecule has 220 valence electrons. The smallest absolute Gasteiger partial charge is 0.409 e. The maximum absolute atomic E-state index is 14.0. The lowest BCUT2D eigenvalue weighted by molar-refractivity contribution is 0.0738. The molecule has 4 heterocycles. The van der Waals surface area contributed by atoms with Crippen molar-refractivity contribution in [3.63, 3.8) is 0 Å². The number of nitrogen functional groups attached to an aromatic ring is 1. The van der Waals surface area contributed by atoms with Crippen molar-refractivity contribution in [1.29, 1.82) is 0 Å². The van der Waals surface area contributed by atoms with E-state index in [1.807, 2.05) is 47.0 Å². The van der Waals surface area contributed by atoms with Crippen molar-refractivity contribution < 1.29 is 13.9 Å². The SMILES string of the molecule is CCCCOC(=O)N1CCN(Cc2ccc(-n3c(-c4cccnc4N)nc4ccc(-c5cccc(F)c5)nc43)cc2)CC1. The number of carbonyl (C=O) groups excluding carboxylic acids is 1. The van der Waals surface area contributed by atoms with E-state index in [4.69, 9.17) is 20.4 Å². The Balaban J connectivity index is 1.26. The molecule has 1 aliphatic heterocycles. The van der Waals surface area contributed by atoms with Crippen LogP contribution in [0.25, 0.3) is 39.5 Å². The van der Waals surface area contributed by atoms with Gasteiger partial charge in [0.1, 0.15) is 17.2 Å². The van der Waals surface area contributed by atoms with E-state index in [9.17, 15) is 9.18 Å². The number of anilines is 1. The fourth-order valence-corrected chi connectivity index (χ4v) is 5.29. The van der Waals surface area contributed by atoms with Gasteiger partial charge in [0, 0.05) is 50.2 Å². The lowest BCUT2D eigenvalue weighted by Crippen LogP contribution is -2.48. The number of pyridine rings is 2. The summed E-state index contributed by atoms with van der Waals surface area (Å²) in [5, 5.41) is 0. The number of nitrogens with zero attached hydrogens (tertiary/aromatic N) is 6. The highest BCUT2D eigenvalue weighted by Crippen LogP contribution is 2.32. The second kappa shape index (κ2) is 12.6. The molecule has 0 unspecified atom stereocenters. The van der Waals surface area contributed by atoms with Gasteiger partial charge in [0.15, 0.2) is 11.5 Å². The zero-order valence-electron chi connectivity index (χ0n) is 24.1. The Bertz CT molecular complexity index is 1730. The molecule has 1 amide bonds. The Hall–Kier alpha value is -4.83. The Labute approximate surface area is 249 Å². The second-order valence-electron chi connectivity index (χ2n) is 10.7. The standard InChI is InChI=1S/C33H34FN7O2/c1-2-3-20-43-33(42)40-18-16-39(17-19-40)22-23-9-11-26(12-10-23)41-31(27-8-5-15-36-30(27)35)38-29-14-13-28(37-32(29)41)24-6-4-7-25(34)21-24/h4-15,21H,2-3,16-20,22H2,1H3,(H2,35,36). The van der Waals surface area contributed by atoms with Crippen LogP contribution in [0.2, 0.25) is 0 Å². The van der Waals surface area contributed by atoms with Gasteiger partial charge in [-0.1, -0.05) is 37.6 Å². The summed E-state index contributed by atoms with van der Waals surface area (Å²) < 4.78 is 21.3. The fourth-order valence-electron chi connectivity index (χ4n) is 5.29. The zero-order valence-corrected chi connectivity index (χ0v) is 24.1. The minimum Gasteiger partial charge on any atom is -0.449 e. The van der Waals surface area contributed by atoms with E-state index in [0.717, 1.165) is 43.7 Å². The molecule has 3 aromatic heterocycles. The molecule has 0 spiro atoms. The van der Waals surface area contributed by atoms with Crippen molar-refractivity contribution in [2.45, 2.75) is 26.3 Å². The number of carbonyl (C=O) groups is 1. The van der Waals surface area contributed by atoms with Gasteiger partial charge in [-0.25, -0.2) is 24.1 Å². The average molecular weight is 580 g/mol. The van der Waals surface area contributed by atoms with Crippen LogP contribution in [0.5, 0.6) is 0 Å². The molecule has 2 aromatic carbocycles. The first-order valence-corrected chi connectivity index (χ1v) is 14.6.